The van der Waals surface area contributed by atoms with E-state index in [4.69, 9.17) is 14.5 Å². The Balaban J connectivity index is 0.00000461. The molecule has 0 spiro atoms. The molecule has 1 aliphatic rings. The molecule has 4 aromatic carbocycles. The van der Waals surface area contributed by atoms with Crippen LogP contribution < -0.4 is 14.4 Å². The first kappa shape index (κ1) is 32.6. The summed E-state index contributed by atoms with van der Waals surface area (Å²) in [6.45, 7) is 0.859. The Hall–Kier alpha value is -5.33. The van der Waals surface area contributed by atoms with E-state index >= 15 is 0 Å². The van der Waals surface area contributed by atoms with Crippen molar-refractivity contribution in [1.82, 2.24) is 4.90 Å². The molecule has 1 aliphatic heterocycles. The molecule has 12 nitrogen and oxygen atoms in total. The van der Waals surface area contributed by atoms with Gasteiger partial charge in [0.25, 0.3) is 17.3 Å². The average Bonchev–Trinajstić information content (AvgIpc) is 3.15. The van der Waals surface area contributed by atoms with Gasteiger partial charge in [-0.1, -0.05) is 48.5 Å². The maximum Gasteiger partial charge on any atom is 0.269 e. The lowest BCUT2D eigenvalue weighted by molar-refractivity contribution is -0.385. The van der Waals surface area contributed by atoms with Gasteiger partial charge in [-0.15, -0.1) is 12.4 Å². The van der Waals surface area contributed by atoms with Crippen LogP contribution in [-0.2, 0) is 4.79 Å². The molecule has 0 saturated carbocycles. The van der Waals surface area contributed by atoms with Gasteiger partial charge in [0.15, 0.2) is 6.17 Å². The van der Waals surface area contributed by atoms with Crippen LogP contribution in [0.5, 0.6) is 11.5 Å². The van der Waals surface area contributed by atoms with Crippen LogP contribution in [0.4, 0.5) is 17.1 Å². The number of nitro benzene ring substituents is 2. The zero-order valence-corrected chi connectivity index (χ0v) is 25.0. The number of amides is 1. The van der Waals surface area contributed by atoms with E-state index in [1.807, 2.05) is 59.5 Å². The fraction of sp³-hybridized carbons (Fsp3) is 0.188. The first-order chi connectivity index (χ1) is 21.3. The van der Waals surface area contributed by atoms with Gasteiger partial charge in [0.05, 0.1) is 21.2 Å². The lowest BCUT2D eigenvalue weighted by Gasteiger charge is -2.30. The van der Waals surface area contributed by atoms with E-state index in [-0.39, 0.29) is 56.0 Å². The first-order valence-corrected chi connectivity index (χ1v) is 13.8. The Labute approximate surface area is 265 Å². The van der Waals surface area contributed by atoms with Crippen molar-refractivity contribution in [3.63, 3.8) is 0 Å². The predicted octanol–water partition coefficient (Wildman–Crippen LogP) is 5.52. The number of nitrogens with zero attached hydrogens (tertiary/aromatic N) is 5. The average molecular weight is 632 g/mol. The number of fused-ring (bicyclic) bond motifs is 1. The van der Waals surface area contributed by atoms with E-state index in [2.05, 4.69) is 0 Å². The van der Waals surface area contributed by atoms with Gasteiger partial charge < -0.3 is 14.4 Å². The largest absolute Gasteiger partial charge is 0.492 e. The second-order valence-electron chi connectivity index (χ2n) is 9.87. The van der Waals surface area contributed by atoms with Crippen LogP contribution >= 0.6 is 12.4 Å². The summed E-state index contributed by atoms with van der Waals surface area (Å²) in [5.41, 5.74) is 2.99. The molecule has 1 amide bonds. The minimum atomic E-state index is -0.927. The molecule has 1 unspecified atom stereocenters. The summed E-state index contributed by atoms with van der Waals surface area (Å²) in [6.07, 6.45) is -0.927. The van der Waals surface area contributed by atoms with E-state index in [1.54, 1.807) is 11.9 Å². The minimum Gasteiger partial charge on any atom is -0.492 e. The molecule has 0 aliphatic carbocycles. The Morgan fingerprint density at radius 2 is 1.24 bits per heavy atom. The Bertz CT molecular complexity index is 1600. The number of likely N-dealkylation sites (N-methyl/N-ethyl adjacent to an activating group) is 1. The van der Waals surface area contributed by atoms with Crippen molar-refractivity contribution in [3.05, 3.63) is 134 Å². The zero-order valence-electron chi connectivity index (χ0n) is 24.2. The van der Waals surface area contributed by atoms with Crippen LogP contribution in [-0.4, -0.2) is 65.9 Å². The third-order valence-electron chi connectivity index (χ3n) is 7.11. The smallest absolute Gasteiger partial charge is 0.269 e. The van der Waals surface area contributed by atoms with Crippen LogP contribution in [0.2, 0.25) is 0 Å². The number of carbonyl (C=O) groups is 1. The number of halogens is 1. The number of carbonyl (C=O) groups excluding carboxylic acids is 1. The molecule has 45 heavy (non-hydrogen) atoms. The number of benzodiazepines with no additional fused rings is 1. The number of anilines is 1. The van der Waals surface area contributed by atoms with E-state index in [9.17, 15) is 25.0 Å². The molecular weight excluding hydrogens is 602 g/mol. The number of benzene rings is 4. The Morgan fingerprint density at radius 3 is 1.76 bits per heavy atom. The Kier molecular flexibility index (Phi) is 10.8. The molecule has 1 atom stereocenters. The SMILES string of the molecule is CN1C(=O)C(N(CCOc2ccc([N+](=O)[O-])cc2)CCOc2ccc([N+](=O)[O-])cc2)N=C(c2ccccc2)c2ccccc21.Cl. The molecule has 232 valence electrons. The van der Waals surface area contributed by atoms with Crippen LogP contribution in [0.25, 0.3) is 0 Å². The summed E-state index contributed by atoms with van der Waals surface area (Å²) < 4.78 is 11.8. The fourth-order valence-electron chi connectivity index (χ4n) is 4.82. The van der Waals surface area contributed by atoms with Crippen LogP contribution in [0.15, 0.2) is 108 Å². The van der Waals surface area contributed by atoms with E-state index < -0.39 is 16.0 Å². The van der Waals surface area contributed by atoms with Crippen LogP contribution in [0, 0.1) is 20.2 Å². The molecule has 0 saturated heterocycles. The van der Waals surface area contributed by atoms with Crippen molar-refractivity contribution in [2.45, 2.75) is 6.17 Å². The molecule has 0 fully saturated rings. The maximum absolute atomic E-state index is 14.0. The van der Waals surface area contributed by atoms with Crippen LogP contribution in [0.3, 0.4) is 0 Å². The monoisotopic (exact) mass is 631 g/mol. The van der Waals surface area contributed by atoms with Crippen molar-refractivity contribution in [3.8, 4) is 11.5 Å². The zero-order chi connectivity index (χ0) is 31.1. The Morgan fingerprint density at radius 1 is 0.756 bits per heavy atom. The van der Waals surface area contributed by atoms with Gasteiger partial charge in [0.2, 0.25) is 0 Å². The number of hydrogen-bond donors (Lipinski definition) is 0. The summed E-state index contributed by atoms with van der Waals surface area (Å²) in [7, 11) is 1.72. The molecule has 4 aromatic rings. The molecule has 1 heterocycles. The lowest BCUT2D eigenvalue weighted by atomic mass is 10.0. The molecule has 0 bridgehead atoms. The molecule has 13 heteroatoms. The second-order valence-corrected chi connectivity index (χ2v) is 9.87. The molecular formula is C32H30ClN5O7. The number of nitro groups is 2. The van der Waals surface area contributed by atoms with E-state index in [0.717, 1.165) is 16.8 Å². The molecule has 0 aromatic heterocycles. The number of hydrogen-bond acceptors (Lipinski definition) is 9. The van der Waals surface area contributed by atoms with Gasteiger partial charge in [0.1, 0.15) is 24.7 Å². The third kappa shape index (κ3) is 7.80. The first-order valence-electron chi connectivity index (χ1n) is 13.8. The van der Waals surface area contributed by atoms with Crippen molar-refractivity contribution < 1.29 is 24.1 Å². The highest BCUT2D eigenvalue weighted by Gasteiger charge is 2.34. The van der Waals surface area contributed by atoms with Gasteiger partial charge >= 0.3 is 0 Å². The normalized spacial score (nSPS) is 14.1. The summed E-state index contributed by atoms with van der Waals surface area (Å²) in [5, 5.41) is 22.0. The second kappa shape index (κ2) is 14.9. The van der Waals surface area contributed by atoms with E-state index in [1.165, 1.54) is 48.5 Å². The molecule has 0 radical (unpaired) electrons. The highest BCUT2D eigenvalue weighted by molar-refractivity contribution is 6.20. The predicted molar refractivity (Wildman–Crippen MR) is 172 cm³/mol. The quantitative estimate of drug-likeness (QED) is 0.147. The third-order valence-corrected chi connectivity index (χ3v) is 7.11. The number of non-ortho nitro benzene ring substituents is 2. The maximum atomic E-state index is 14.0. The van der Waals surface area contributed by atoms with Gasteiger partial charge in [-0.25, -0.2) is 0 Å². The molecule has 0 N–H and O–H groups in total. The molecule has 5 rings (SSSR count). The number of para-hydroxylation sites is 1. The van der Waals surface area contributed by atoms with Crippen molar-refractivity contribution in [2.24, 2.45) is 4.99 Å². The number of rotatable bonds is 12. The number of aliphatic imine (C=N–C) groups is 1. The summed E-state index contributed by atoms with van der Waals surface area (Å²) in [6, 6.07) is 28.8. The number of ether oxygens (including phenoxy) is 2. The van der Waals surface area contributed by atoms with Crippen molar-refractivity contribution in [2.75, 3.05) is 38.3 Å². The summed E-state index contributed by atoms with van der Waals surface area (Å²) in [5.74, 6) is 0.653. The highest BCUT2D eigenvalue weighted by Crippen LogP contribution is 2.29. The van der Waals surface area contributed by atoms with Gasteiger partial charge in [-0.2, -0.15) is 0 Å². The van der Waals surface area contributed by atoms with Gasteiger partial charge in [0, 0.05) is 55.5 Å². The van der Waals surface area contributed by atoms with Crippen molar-refractivity contribution >= 4 is 41.1 Å². The van der Waals surface area contributed by atoms with Gasteiger partial charge in [-0.3, -0.25) is 34.9 Å². The van der Waals surface area contributed by atoms with E-state index in [0.29, 0.717) is 17.2 Å². The highest BCUT2D eigenvalue weighted by atomic mass is 35.5. The topological polar surface area (TPSA) is 141 Å². The van der Waals surface area contributed by atoms with Crippen LogP contribution in [0.1, 0.15) is 11.1 Å². The lowest BCUT2D eigenvalue weighted by Crippen LogP contribution is -2.49. The summed E-state index contributed by atoms with van der Waals surface area (Å²) in [4.78, 5) is 43.5. The fourth-order valence-corrected chi connectivity index (χ4v) is 4.82. The standard InChI is InChI=1S/C32H29N5O7.ClH/c1-34-29-10-6-5-9-28(29)30(23-7-3-2-4-8-23)33-31(32(34)38)35(19-21-43-26-15-11-24(12-16-26)36(39)40)20-22-44-27-17-13-25(14-18-27)37(41)42;/h2-18,31H,19-22H2,1H3;1H. The van der Waals surface area contributed by atoms with Crippen molar-refractivity contribution in [1.29, 1.82) is 0 Å². The summed E-state index contributed by atoms with van der Waals surface area (Å²) >= 11 is 0. The van der Waals surface area contributed by atoms with Gasteiger partial charge in [-0.05, 0) is 30.3 Å². The minimum absolute atomic E-state index is 0.